The number of carbonyl (C=O) groups is 1. The molecule has 1 atom stereocenters. The van der Waals surface area contributed by atoms with E-state index < -0.39 is 0 Å². The Kier molecular flexibility index (Phi) is 12.8. The Morgan fingerprint density at radius 2 is 1.79 bits per heavy atom. The van der Waals surface area contributed by atoms with Crippen LogP contribution in [0.15, 0.2) is 29.6 Å². The molecular weight excluding hydrogens is 455 g/mol. The Hall–Kier alpha value is -1.09. The van der Waals surface area contributed by atoms with Gasteiger partial charge in [-0.3, -0.25) is 9.69 Å². The molecule has 164 valence electrons. The van der Waals surface area contributed by atoms with Gasteiger partial charge in [-0.15, -0.1) is 48.6 Å². The molecule has 0 saturated carbocycles. The van der Waals surface area contributed by atoms with Crippen LogP contribution in [0.3, 0.4) is 0 Å². The van der Waals surface area contributed by atoms with Crippen LogP contribution in [0.1, 0.15) is 19.0 Å². The maximum absolute atomic E-state index is 12.1. The SMILES string of the molecule is COc1ccc(-c2nc(CN3CCN(C(=O)CC(C)N)CC3)cs2)cc1.Cl.Cl.Cl. The second-order valence-electron chi connectivity index (χ2n) is 6.71. The van der Waals surface area contributed by atoms with Crippen molar-refractivity contribution in [2.45, 2.75) is 25.9 Å². The maximum atomic E-state index is 12.1. The molecule has 3 rings (SSSR count). The zero-order valence-electron chi connectivity index (χ0n) is 16.6. The normalized spacial score (nSPS) is 14.8. The van der Waals surface area contributed by atoms with Gasteiger partial charge in [-0.1, -0.05) is 0 Å². The minimum absolute atomic E-state index is 0. The van der Waals surface area contributed by atoms with E-state index in [1.165, 1.54) is 0 Å². The van der Waals surface area contributed by atoms with Crippen LogP contribution in [0.2, 0.25) is 0 Å². The fraction of sp³-hybridized carbons (Fsp3) is 0.474. The van der Waals surface area contributed by atoms with Gasteiger partial charge >= 0.3 is 0 Å². The molecule has 1 saturated heterocycles. The molecule has 1 aromatic heterocycles. The predicted octanol–water partition coefficient (Wildman–Crippen LogP) is 3.47. The van der Waals surface area contributed by atoms with Gasteiger partial charge in [0, 0.05) is 56.1 Å². The lowest BCUT2D eigenvalue weighted by molar-refractivity contribution is -0.133. The zero-order chi connectivity index (χ0) is 18.5. The molecule has 1 amide bonds. The van der Waals surface area contributed by atoms with Crippen LogP contribution in [0, 0.1) is 0 Å². The Labute approximate surface area is 195 Å². The largest absolute Gasteiger partial charge is 0.497 e. The molecule has 2 aromatic rings. The molecule has 1 fully saturated rings. The van der Waals surface area contributed by atoms with Gasteiger partial charge < -0.3 is 15.4 Å². The predicted molar refractivity (Wildman–Crippen MR) is 126 cm³/mol. The zero-order valence-corrected chi connectivity index (χ0v) is 19.8. The van der Waals surface area contributed by atoms with Gasteiger partial charge in [0.1, 0.15) is 10.8 Å². The summed E-state index contributed by atoms with van der Waals surface area (Å²) in [5, 5.41) is 3.14. The lowest BCUT2D eigenvalue weighted by Crippen LogP contribution is -2.49. The van der Waals surface area contributed by atoms with Crippen LogP contribution in [0.25, 0.3) is 10.6 Å². The summed E-state index contributed by atoms with van der Waals surface area (Å²) in [6.45, 7) is 5.97. The first kappa shape index (κ1) is 27.9. The fourth-order valence-electron chi connectivity index (χ4n) is 3.03. The summed E-state index contributed by atoms with van der Waals surface area (Å²) >= 11 is 1.66. The molecule has 29 heavy (non-hydrogen) atoms. The topological polar surface area (TPSA) is 71.7 Å². The van der Waals surface area contributed by atoms with Crippen molar-refractivity contribution in [3.05, 3.63) is 35.3 Å². The van der Waals surface area contributed by atoms with Gasteiger partial charge in [0.25, 0.3) is 0 Å². The molecule has 2 heterocycles. The number of methoxy groups -OCH3 is 1. The summed E-state index contributed by atoms with van der Waals surface area (Å²) in [7, 11) is 1.67. The number of rotatable bonds is 6. The average molecular weight is 484 g/mol. The highest BCUT2D eigenvalue weighted by Crippen LogP contribution is 2.26. The monoisotopic (exact) mass is 482 g/mol. The summed E-state index contributed by atoms with van der Waals surface area (Å²) in [6.07, 6.45) is 0.428. The Bertz CT molecular complexity index is 735. The van der Waals surface area contributed by atoms with Crippen molar-refractivity contribution in [3.8, 4) is 16.3 Å². The highest BCUT2D eigenvalue weighted by molar-refractivity contribution is 7.13. The molecule has 0 spiro atoms. The summed E-state index contributed by atoms with van der Waals surface area (Å²) in [5.41, 5.74) is 7.91. The van der Waals surface area contributed by atoms with Gasteiger partial charge in [0.2, 0.25) is 5.91 Å². The summed E-state index contributed by atoms with van der Waals surface area (Å²) in [6, 6.07) is 7.89. The number of nitrogens with two attached hydrogens (primary N) is 1. The lowest BCUT2D eigenvalue weighted by Gasteiger charge is -2.34. The quantitative estimate of drug-likeness (QED) is 0.681. The molecule has 1 aliphatic rings. The Morgan fingerprint density at radius 3 is 2.34 bits per heavy atom. The Balaban J connectivity index is 0.00000261. The second-order valence-corrected chi connectivity index (χ2v) is 7.57. The minimum atomic E-state index is -0.0769. The number of nitrogens with zero attached hydrogens (tertiary/aromatic N) is 3. The number of halogens is 3. The molecule has 1 unspecified atom stereocenters. The number of piperazine rings is 1. The van der Waals surface area contributed by atoms with E-state index >= 15 is 0 Å². The van der Waals surface area contributed by atoms with Crippen LogP contribution in [-0.2, 0) is 11.3 Å². The van der Waals surface area contributed by atoms with E-state index in [1.807, 2.05) is 36.1 Å². The molecule has 10 heteroatoms. The lowest BCUT2D eigenvalue weighted by atomic mass is 10.2. The van der Waals surface area contributed by atoms with Gasteiger partial charge in [0.05, 0.1) is 12.8 Å². The highest BCUT2D eigenvalue weighted by atomic mass is 35.5. The van der Waals surface area contributed by atoms with Gasteiger partial charge in [-0.05, 0) is 31.2 Å². The standard InChI is InChI=1S/C19H26N4O2S.3ClH/c1-14(20)11-18(24)23-9-7-22(8-10-23)12-16-13-26-19(21-16)15-3-5-17(25-2)6-4-15;;;/h3-6,13-14H,7-12,20H2,1-2H3;3*1H. The molecule has 6 nitrogen and oxygen atoms in total. The summed E-state index contributed by atoms with van der Waals surface area (Å²) in [5.74, 6) is 1.01. The highest BCUT2D eigenvalue weighted by Gasteiger charge is 2.22. The first-order valence-electron chi connectivity index (χ1n) is 8.89. The Morgan fingerprint density at radius 1 is 1.17 bits per heavy atom. The maximum Gasteiger partial charge on any atom is 0.224 e. The van der Waals surface area contributed by atoms with Crippen LogP contribution >= 0.6 is 48.6 Å². The van der Waals surface area contributed by atoms with Gasteiger partial charge in [-0.25, -0.2) is 4.98 Å². The number of benzene rings is 1. The van der Waals surface area contributed by atoms with Crippen molar-refractivity contribution in [1.82, 2.24) is 14.8 Å². The smallest absolute Gasteiger partial charge is 0.224 e. The van der Waals surface area contributed by atoms with Gasteiger partial charge in [-0.2, -0.15) is 0 Å². The van der Waals surface area contributed by atoms with E-state index in [-0.39, 0.29) is 49.2 Å². The number of amides is 1. The van der Waals surface area contributed by atoms with Crippen molar-refractivity contribution in [2.75, 3.05) is 33.3 Å². The molecule has 0 bridgehead atoms. The number of hydrogen-bond acceptors (Lipinski definition) is 6. The second kappa shape index (κ2) is 13.3. The average Bonchev–Trinajstić information content (AvgIpc) is 3.10. The molecule has 2 N–H and O–H groups in total. The first-order chi connectivity index (χ1) is 12.5. The van der Waals surface area contributed by atoms with E-state index in [2.05, 4.69) is 10.3 Å². The molecule has 1 aliphatic heterocycles. The molecular formula is C19H29Cl3N4O2S. The van der Waals surface area contributed by atoms with E-state index in [9.17, 15) is 4.79 Å². The third-order valence-electron chi connectivity index (χ3n) is 4.50. The molecule has 0 aliphatic carbocycles. The number of carbonyl (C=O) groups excluding carboxylic acids is 1. The van der Waals surface area contributed by atoms with E-state index in [0.29, 0.717) is 6.42 Å². The van der Waals surface area contributed by atoms with Crippen molar-refractivity contribution >= 4 is 54.5 Å². The molecule has 0 radical (unpaired) electrons. The fourth-order valence-corrected chi connectivity index (χ4v) is 3.85. The minimum Gasteiger partial charge on any atom is -0.497 e. The number of hydrogen-bond donors (Lipinski definition) is 1. The third-order valence-corrected chi connectivity index (χ3v) is 5.44. The van der Waals surface area contributed by atoms with Crippen molar-refractivity contribution in [2.24, 2.45) is 5.73 Å². The number of aromatic nitrogens is 1. The molecule has 1 aromatic carbocycles. The van der Waals surface area contributed by atoms with Crippen LogP contribution in [0.4, 0.5) is 0 Å². The van der Waals surface area contributed by atoms with Crippen LogP contribution in [0.5, 0.6) is 5.75 Å². The summed E-state index contributed by atoms with van der Waals surface area (Å²) < 4.78 is 5.20. The van der Waals surface area contributed by atoms with E-state index in [0.717, 1.165) is 54.7 Å². The third kappa shape index (κ3) is 7.92. The van der Waals surface area contributed by atoms with E-state index in [4.69, 9.17) is 15.5 Å². The van der Waals surface area contributed by atoms with Crippen LogP contribution in [-0.4, -0.2) is 60.0 Å². The van der Waals surface area contributed by atoms with Crippen molar-refractivity contribution < 1.29 is 9.53 Å². The van der Waals surface area contributed by atoms with Crippen molar-refractivity contribution in [3.63, 3.8) is 0 Å². The van der Waals surface area contributed by atoms with Crippen LogP contribution < -0.4 is 10.5 Å². The number of thiazole rings is 1. The number of ether oxygens (including phenoxy) is 1. The van der Waals surface area contributed by atoms with Crippen molar-refractivity contribution in [1.29, 1.82) is 0 Å². The van der Waals surface area contributed by atoms with Gasteiger partial charge in [0.15, 0.2) is 0 Å². The first-order valence-corrected chi connectivity index (χ1v) is 9.77. The summed E-state index contributed by atoms with van der Waals surface area (Å²) in [4.78, 5) is 21.1. The van der Waals surface area contributed by atoms with E-state index in [1.54, 1.807) is 18.4 Å².